The minimum atomic E-state index is -1.04. The third kappa shape index (κ3) is 2.71. The number of hydrogen-bond donors (Lipinski definition) is 0. The van der Waals surface area contributed by atoms with Crippen LogP contribution < -0.4 is 4.90 Å². The van der Waals surface area contributed by atoms with Crippen molar-refractivity contribution in [2.75, 3.05) is 11.7 Å². The van der Waals surface area contributed by atoms with Gasteiger partial charge in [0.25, 0.3) is 5.91 Å². The number of amides is 1. The molecule has 5 rings (SSSR count). The normalized spacial score (nSPS) is 23.8. The van der Waals surface area contributed by atoms with E-state index in [1.54, 1.807) is 6.20 Å². The monoisotopic (exact) mass is 372 g/mol. The van der Waals surface area contributed by atoms with Crippen LogP contribution in [0.25, 0.3) is 0 Å². The number of aromatic nitrogens is 1. The van der Waals surface area contributed by atoms with Crippen LogP contribution in [0.5, 0.6) is 0 Å². The molecule has 1 amide bonds. The Morgan fingerprint density at radius 1 is 1.00 bits per heavy atom. The lowest BCUT2D eigenvalue weighted by Crippen LogP contribution is -2.46. The third-order valence-corrected chi connectivity index (χ3v) is 5.47. The van der Waals surface area contributed by atoms with Gasteiger partial charge in [0, 0.05) is 18.2 Å². The standard InChI is InChI=1S/C23H20N2O3/c26-22-23(14-21(27-16-28-23)19-11-6-7-13-24-19)18-10-4-5-12-20(18)25(22)15-17-8-2-1-3-9-17/h1-13,21H,14-16H2. The SMILES string of the molecule is O=C1N(Cc2ccccc2)c2ccccc2C12CC(c1ccccn1)OCO2. The Morgan fingerprint density at radius 3 is 2.61 bits per heavy atom. The number of carbonyl (C=O) groups excluding carboxylic acids is 1. The lowest BCUT2D eigenvalue weighted by molar-refractivity contribution is -0.225. The van der Waals surface area contributed by atoms with Gasteiger partial charge in [-0.15, -0.1) is 0 Å². The highest BCUT2D eigenvalue weighted by molar-refractivity contribution is 6.07. The number of fused-ring (bicyclic) bond motifs is 2. The van der Waals surface area contributed by atoms with Gasteiger partial charge in [-0.2, -0.15) is 0 Å². The molecule has 2 aliphatic rings. The number of pyridine rings is 1. The summed E-state index contributed by atoms with van der Waals surface area (Å²) in [6.45, 7) is 0.567. The van der Waals surface area contributed by atoms with Gasteiger partial charge in [-0.3, -0.25) is 9.78 Å². The molecule has 3 aromatic rings. The molecule has 2 aromatic carbocycles. The average molecular weight is 372 g/mol. The first-order valence-electron chi connectivity index (χ1n) is 9.40. The minimum Gasteiger partial charge on any atom is -0.346 e. The van der Waals surface area contributed by atoms with Gasteiger partial charge in [0.1, 0.15) is 12.9 Å². The fraction of sp³-hybridized carbons (Fsp3) is 0.217. The maximum absolute atomic E-state index is 13.6. The zero-order valence-electron chi connectivity index (χ0n) is 15.3. The largest absolute Gasteiger partial charge is 0.346 e. The molecular weight excluding hydrogens is 352 g/mol. The Morgan fingerprint density at radius 2 is 1.79 bits per heavy atom. The number of para-hydroxylation sites is 1. The summed E-state index contributed by atoms with van der Waals surface area (Å²) in [5.74, 6) is -0.0400. The number of rotatable bonds is 3. The van der Waals surface area contributed by atoms with Gasteiger partial charge in [-0.25, -0.2) is 0 Å². The quantitative estimate of drug-likeness (QED) is 0.698. The van der Waals surface area contributed by atoms with E-state index < -0.39 is 5.60 Å². The van der Waals surface area contributed by atoms with Crippen LogP contribution in [0.4, 0.5) is 5.69 Å². The highest BCUT2D eigenvalue weighted by Crippen LogP contribution is 2.50. The van der Waals surface area contributed by atoms with E-state index in [2.05, 4.69) is 4.98 Å². The van der Waals surface area contributed by atoms with Gasteiger partial charge in [0.05, 0.1) is 17.9 Å². The van der Waals surface area contributed by atoms with E-state index in [9.17, 15) is 4.79 Å². The van der Waals surface area contributed by atoms with Crippen LogP contribution in [0.2, 0.25) is 0 Å². The number of nitrogens with zero attached hydrogens (tertiary/aromatic N) is 2. The van der Waals surface area contributed by atoms with Crippen LogP contribution in [-0.2, 0) is 26.4 Å². The number of carbonyl (C=O) groups is 1. The number of hydrogen-bond acceptors (Lipinski definition) is 4. The van der Waals surface area contributed by atoms with Crippen LogP contribution in [0, 0.1) is 0 Å². The number of ether oxygens (including phenoxy) is 2. The van der Waals surface area contributed by atoms with Crippen LogP contribution in [0.15, 0.2) is 79.0 Å². The molecular formula is C23H20N2O3. The second kappa shape index (κ2) is 6.86. The molecule has 0 bridgehead atoms. The average Bonchev–Trinajstić information content (AvgIpc) is 2.98. The molecule has 28 heavy (non-hydrogen) atoms. The molecule has 0 saturated carbocycles. The predicted octanol–water partition coefficient (Wildman–Crippen LogP) is 3.96. The Hall–Kier alpha value is -3.02. The smallest absolute Gasteiger partial charge is 0.264 e. The zero-order chi connectivity index (χ0) is 19.0. The van der Waals surface area contributed by atoms with Crippen LogP contribution in [0.3, 0.4) is 0 Å². The predicted molar refractivity (Wildman–Crippen MR) is 104 cm³/mol. The highest BCUT2D eigenvalue weighted by atomic mass is 16.7. The molecule has 0 radical (unpaired) electrons. The van der Waals surface area contributed by atoms with Crippen LogP contribution in [-0.4, -0.2) is 17.7 Å². The maximum Gasteiger partial charge on any atom is 0.264 e. The van der Waals surface area contributed by atoms with Crippen molar-refractivity contribution in [2.24, 2.45) is 0 Å². The van der Waals surface area contributed by atoms with Crippen molar-refractivity contribution in [1.29, 1.82) is 0 Å². The summed E-state index contributed by atoms with van der Waals surface area (Å²) in [6.07, 6.45) is 1.86. The van der Waals surface area contributed by atoms with E-state index >= 15 is 0 Å². The zero-order valence-corrected chi connectivity index (χ0v) is 15.3. The summed E-state index contributed by atoms with van der Waals surface area (Å²) in [5, 5.41) is 0. The topological polar surface area (TPSA) is 51.7 Å². The summed E-state index contributed by atoms with van der Waals surface area (Å²) in [4.78, 5) is 19.9. The molecule has 140 valence electrons. The summed E-state index contributed by atoms with van der Waals surface area (Å²) < 4.78 is 11.9. The van der Waals surface area contributed by atoms with Crippen molar-refractivity contribution in [3.05, 3.63) is 95.8 Å². The van der Waals surface area contributed by atoms with E-state index in [0.29, 0.717) is 13.0 Å². The van der Waals surface area contributed by atoms with E-state index in [0.717, 1.165) is 22.5 Å². The summed E-state index contributed by atoms with van der Waals surface area (Å²) in [6, 6.07) is 23.6. The van der Waals surface area contributed by atoms with Crippen molar-refractivity contribution in [3.8, 4) is 0 Å². The summed E-state index contributed by atoms with van der Waals surface area (Å²) in [7, 11) is 0. The van der Waals surface area contributed by atoms with Gasteiger partial charge in [0.15, 0.2) is 5.60 Å². The fourth-order valence-corrected chi connectivity index (χ4v) is 4.10. The van der Waals surface area contributed by atoms with Crippen molar-refractivity contribution < 1.29 is 14.3 Å². The second-order valence-corrected chi connectivity index (χ2v) is 7.10. The maximum atomic E-state index is 13.6. The third-order valence-electron chi connectivity index (χ3n) is 5.47. The van der Waals surface area contributed by atoms with E-state index in [1.807, 2.05) is 77.7 Å². The Kier molecular flexibility index (Phi) is 4.19. The fourth-order valence-electron chi connectivity index (χ4n) is 4.10. The molecule has 5 nitrogen and oxygen atoms in total. The van der Waals surface area contributed by atoms with E-state index in [1.165, 1.54) is 0 Å². The van der Waals surface area contributed by atoms with Gasteiger partial charge in [-0.05, 0) is 23.8 Å². The molecule has 1 spiro atoms. The Balaban J connectivity index is 1.53. The Bertz CT molecular complexity index is 993. The van der Waals surface area contributed by atoms with Crippen LogP contribution in [0.1, 0.15) is 29.3 Å². The van der Waals surface area contributed by atoms with Crippen LogP contribution >= 0.6 is 0 Å². The first kappa shape index (κ1) is 17.1. The van der Waals surface area contributed by atoms with Gasteiger partial charge in [-0.1, -0.05) is 54.6 Å². The molecule has 5 heteroatoms. The molecule has 2 atom stereocenters. The van der Waals surface area contributed by atoms with Gasteiger partial charge in [0.2, 0.25) is 0 Å². The lowest BCUT2D eigenvalue weighted by Gasteiger charge is -2.37. The number of anilines is 1. The molecule has 1 aromatic heterocycles. The molecule has 1 saturated heterocycles. The molecule has 0 aliphatic carbocycles. The lowest BCUT2D eigenvalue weighted by atomic mass is 9.87. The van der Waals surface area contributed by atoms with Gasteiger partial charge >= 0.3 is 0 Å². The molecule has 3 heterocycles. The summed E-state index contributed by atoms with van der Waals surface area (Å²) in [5.41, 5.74) is 2.66. The van der Waals surface area contributed by atoms with E-state index in [-0.39, 0.29) is 18.8 Å². The van der Waals surface area contributed by atoms with Crippen molar-refractivity contribution in [3.63, 3.8) is 0 Å². The number of benzene rings is 2. The Labute approximate surface area is 163 Å². The molecule has 2 aliphatic heterocycles. The van der Waals surface area contributed by atoms with Crippen molar-refractivity contribution in [2.45, 2.75) is 24.7 Å². The molecule has 1 fully saturated rings. The van der Waals surface area contributed by atoms with Crippen molar-refractivity contribution >= 4 is 11.6 Å². The van der Waals surface area contributed by atoms with E-state index in [4.69, 9.17) is 9.47 Å². The highest BCUT2D eigenvalue weighted by Gasteiger charge is 2.55. The van der Waals surface area contributed by atoms with Gasteiger partial charge < -0.3 is 14.4 Å². The second-order valence-electron chi connectivity index (χ2n) is 7.10. The first-order valence-corrected chi connectivity index (χ1v) is 9.40. The first-order chi connectivity index (χ1) is 13.8. The minimum absolute atomic E-state index is 0.0400. The van der Waals surface area contributed by atoms with Crippen molar-refractivity contribution in [1.82, 2.24) is 4.98 Å². The summed E-state index contributed by atoms with van der Waals surface area (Å²) >= 11 is 0. The molecule has 0 N–H and O–H groups in total. The molecule has 2 unspecified atom stereocenters.